The van der Waals surface area contributed by atoms with E-state index in [1.165, 1.54) is 19.3 Å². The molecule has 0 radical (unpaired) electrons. The molecule has 11 heteroatoms. The molecule has 0 bridgehead atoms. The van der Waals surface area contributed by atoms with E-state index < -0.39 is 17.8 Å². The number of nitrogens with zero attached hydrogens (tertiary/aromatic N) is 4. The van der Waals surface area contributed by atoms with E-state index in [1.54, 1.807) is 10.6 Å². The minimum absolute atomic E-state index is 0.0925. The van der Waals surface area contributed by atoms with Gasteiger partial charge in [-0.15, -0.1) is 0 Å². The average Bonchev–Trinajstić information content (AvgIpc) is 3.16. The molecule has 32 heavy (non-hydrogen) atoms. The van der Waals surface area contributed by atoms with Gasteiger partial charge in [-0.1, -0.05) is 11.6 Å². The molecular formula is C21H24ClFN6O3. The predicted octanol–water partition coefficient (Wildman–Crippen LogP) is 2.79. The van der Waals surface area contributed by atoms with Crippen molar-refractivity contribution in [3.63, 3.8) is 0 Å². The molecule has 1 aliphatic heterocycles. The molecule has 1 saturated heterocycles. The van der Waals surface area contributed by atoms with Crippen molar-refractivity contribution in [3.05, 3.63) is 35.0 Å². The van der Waals surface area contributed by atoms with E-state index in [0.717, 1.165) is 0 Å². The number of nitrogens with one attached hydrogen (secondary N) is 2. The molecule has 170 valence electrons. The SMILES string of the molecule is CNC(=O)c1nc2c(F)cc(-c3nc(N[C@@H]4CCOC[C@H]4O)ncc3Cl)cc2n1C(C)C. The van der Waals surface area contributed by atoms with E-state index >= 15 is 4.39 Å². The Morgan fingerprint density at radius 2 is 2.16 bits per heavy atom. The molecule has 0 aliphatic carbocycles. The molecule has 1 amide bonds. The summed E-state index contributed by atoms with van der Waals surface area (Å²) in [5.74, 6) is -0.610. The van der Waals surface area contributed by atoms with Crippen molar-refractivity contribution in [1.29, 1.82) is 0 Å². The van der Waals surface area contributed by atoms with Crippen LogP contribution in [-0.2, 0) is 4.74 Å². The van der Waals surface area contributed by atoms with E-state index in [4.69, 9.17) is 16.3 Å². The highest BCUT2D eigenvalue weighted by Gasteiger charge is 2.25. The lowest BCUT2D eigenvalue weighted by molar-refractivity contribution is -0.0136. The van der Waals surface area contributed by atoms with E-state index in [-0.39, 0.29) is 41.0 Å². The Labute approximate surface area is 189 Å². The number of ether oxygens (including phenoxy) is 1. The van der Waals surface area contributed by atoms with Crippen LogP contribution in [0.2, 0.25) is 5.02 Å². The summed E-state index contributed by atoms with van der Waals surface area (Å²) in [6.45, 7) is 4.52. The molecule has 4 rings (SSSR count). The van der Waals surface area contributed by atoms with Gasteiger partial charge in [0.15, 0.2) is 11.6 Å². The first kappa shape index (κ1) is 22.4. The number of hydrogen-bond acceptors (Lipinski definition) is 7. The van der Waals surface area contributed by atoms with Crippen LogP contribution in [0.4, 0.5) is 10.3 Å². The Hall–Kier alpha value is -2.82. The van der Waals surface area contributed by atoms with Gasteiger partial charge < -0.3 is 25.0 Å². The van der Waals surface area contributed by atoms with Crippen molar-refractivity contribution in [1.82, 2.24) is 24.8 Å². The van der Waals surface area contributed by atoms with Gasteiger partial charge in [-0.2, -0.15) is 0 Å². The summed E-state index contributed by atoms with van der Waals surface area (Å²) < 4.78 is 22.0. The first-order valence-corrected chi connectivity index (χ1v) is 10.7. The third-order valence-corrected chi connectivity index (χ3v) is 5.63. The third-order valence-electron chi connectivity index (χ3n) is 5.35. The van der Waals surface area contributed by atoms with Crippen LogP contribution < -0.4 is 10.6 Å². The molecule has 9 nitrogen and oxygen atoms in total. The lowest BCUT2D eigenvalue weighted by Crippen LogP contribution is -2.42. The number of aliphatic hydroxyl groups excluding tert-OH is 1. The smallest absolute Gasteiger partial charge is 0.287 e. The first-order valence-electron chi connectivity index (χ1n) is 10.3. The Morgan fingerprint density at radius 3 is 2.84 bits per heavy atom. The standard InChI is InChI=1S/C21H24ClFN6O3/c1-10(2)29-15-7-11(6-13(23)18(15)27-19(29)20(31)24-3)17-12(22)8-25-21(28-17)26-14-4-5-32-9-16(14)30/h6-8,10,14,16,30H,4-5,9H2,1-3H3,(H,24,31)(H,25,26,28)/t14-,16-/m1/s1. The van der Waals surface area contributed by atoms with Crippen LogP contribution in [0.15, 0.2) is 18.3 Å². The molecular weight excluding hydrogens is 439 g/mol. The van der Waals surface area contributed by atoms with Crippen molar-refractivity contribution >= 4 is 34.5 Å². The summed E-state index contributed by atoms with van der Waals surface area (Å²) in [6, 6.07) is 2.58. The highest BCUT2D eigenvalue weighted by atomic mass is 35.5. The van der Waals surface area contributed by atoms with Gasteiger partial charge in [-0.3, -0.25) is 4.79 Å². The topological polar surface area (TPSA) is 114 Å². The Bertz CT molecular complexity index is 1170. The number of amides is 1. The van der Waals surface area contributed by atoms with Gasteiger partial charge in [0, 0.05) is 25.3 Å². The minimum atomic E-state index is -0.691. The van der Waals surface area contributed by atoms with Gasteiger partial charge in [0.05, 0.1) is 41.2 Å². The summed E-state index contributed by atoms with van der Waals surface area (Å²) >= 11 is 6.35. The molecule has 0 spiro atoms. The van der Waals surface area contributed by atoms with Crippen LogP contribution in [0, 0.1) is 5.82 Å². The van der Waals surface area contributed by atoms with Gasteiger partial charge in [0.25, 0.3) is 5.91 Å². The second-order valence-corrected chi connectivity index (χ2v) is 8.28. The number of anilines is 1. The van der Waals surface area contributed by atoms with Crippen molar-refractivity contribution in [2.75, 3.05) is 25.6 Å². The van der Waals surface area contributed by atoms with Crippen LogP contribution in [0.1, 0.15) is 36.9 Å². The third kappa shape index (κ3) is 4.13. The zero-order chi connectivity index (χ0) is 23.0. The van der Waals surface area contributed by atoms with Crippen LogP contribution in [0.3, 0.4) is 0 Å². The van der Waals surface area contributed by atoms with Crippen LogP contribution >= 0.6 is 11.6 Å². The maximum absolute atomic E-state index is 15.1. The highest BCUT2D eigenvalue weighted by molar-refractivity contribution is 6.33. The maximum atomic E-state index is 15.1. The molecule has 3 N–H and O–H groups in total. The Kier molecular flexibility index (Phi) is 6.27. The molecule has 3 heterocycles. The monoisotopic (exact) mass is 462 g/mol. The second kappa shape index (κ2) is 8.97. The fourth-order valence-electron chi connectivity index (χ4n) is 3.78. The normalized spacial score (nSPS) is 18.8. The number of halogens is 2. The van der Waals surface area contributed by atoms with Gasteiger partial charge in [0.2, 0.25) is 5.95 Å². The molecule has 1 aromatic carbocycles. The second-order valence-electron chi connectivity index (χ2n) is 7.88. The zero-order valence-electron chi connectivity index (χ0n) is 17.9. The molecule has 2 atom stereocenters. The van der Waals surface area contributed by atoms with Crippen LogP contribution in [-0.4, -0.2) is 62.9 Å². The predicted molar refractivity (Wildman–Crippen MR) is 118 cm³/mol. The average molecular weight is 463 g/mol. The lowest BCUT2D eigenvalue weighted by Gasteiger charge is -2.28. The van der Waals surface area contributed by atoms with Crippen LogP contribution in [0.5, 0.6) is 0 Å². The Morgan fingerprint density at radius 1 is 1.38 bits per heavy atom. The maximum Gasteiger partial charge on any atom is 0.287 e. The number of carbonyl (C=O) groups is 1. The molecule has 3 aromatic rings. The van der Waals surface area contributed by atoms with E-state index in [2.05, 4.69) is 25.6 Å². The number of carbonyl (C=O) groups excluding carboxylic acids is 1. The fourth-order valence-corrected chi connectivity index (χ4v) is 3.98. The molecule has 0 saturated carbocycles. The first-order chi connectivity index (χ1) is 15.3. The molecule has 1 fully saturated rings. The zero-order valence-corrected chi connectivity index (χ0v) is 18.6. The number of benzene rings is 1. The van der Waals surface area contributed by atoms with Gasteiger partial charge in [-0.05, 0) is 32.4 Å². The van der Waals surface area contributed by atoms with Gasteiger partial charge >= 0.3 is 0 Å². The summed E-state index contributed by atoms with van der Waals surface area (Å²) in [5, 5.41) is 16.0. The van der Waals surface area contributed by atoms with Gasteiger partial charge in [-0.25, -0.2) is 19.3 Å². The summed E-state index contributed by atoms with van der Waals surface area (Å²) in [4.78, 5) is 25.2. The van der Waals surface area contributed by atoms with Crippen molar-refractivity contribution in [2.45, 2.75) is 38.5 Å². The molecule has 1 aliphatic rings. The van der Waals surface area contributed by atoms with Crippen molar-refractivity contribution < 1.29 is 19.0 Å². The fraction of sp³-hybridized carbons (Fsp3) is 0.429. The molecule has 0 unspecified atom stereocenters. The number of fused-ring (bicyclic) bond motifs is 1. The van der Waals surface area contributed by atoms with Crippen molar-refractivity contribution in [3.8, 4) is 11.3 Å². The Balaban J connectivity index is 1.79. The number of aromatic nitrogens is 4. The summed E-state index contributed by atoms with van der Waals surface area (Å²) in [7, 11) is 1.50. The van der Waals surface area contributed by atoms with Gasteiger partial charge in [0.1, 0.15) is 5.52 Å². The number of imidazole rings is 1. The quantitative estimate of drug-likeness (QED) is 0.534. The summed E-state index contributed by atoms with van der Waals surface area (Å²) in [5.41, 5.74) is 1.29. The number of rotatable bonds is 5. The number of aliphatic hydroxyl groups is 1. The van der Waals surface area contributed by atoms with Crippen LogP contribution in [0.25, 0.3) is 22.3 Å². The number of hydrogen-bond donors (Lipinski definition) is 3. The minimum Gasteiger partial charge on any atom is -0.389 e. The lowest BCUT2D eigenvalue weighted by atomic mass is 10.1. The summed E-state index contributed by atoms with van der Waals surface area (Å²) in [6.07, 6.45) is 1.33. The van der Waals surface area contributed by atoms with E-state index in [9.17, 15) is 9.90 Å². The highest BCUT2D eigenvalue weighted by Crippen LogP contribution is 2.32. The van der Waals surface area contributed by atoms with E-state index in [1.807, 2.05) is 13.8 Å². The van der Waals surface area contributed by atoms with E-state index in [0.29, 0.717) is 29.8 Å². The molecule has 2 aromatic heterocycles. The largest absolute Gasteiger partial charge is 0.389 e. The van der Waals surface area contributed by atoms with Crippen molar-refractivity contribution in [2.24, 2.45) is 0 Å².